The van der Waals surface area contributed by atoms with Crippen LogP contribution in [-0.4, -0.2) is 0 Å². The average molecular weight is 267 g/mol. The van der Waals surface area contributed by atoms with Gasteiger partial charge in [-0.05, 0) is 38.7 Å². The van der Waals surface area contributed by atoms with E-state index in [2.05, 4.69) is 60.7 Å². The van der Waals surface area contributed by atoms with Gasteiger partial charge in [-0.1, -0.05) is 60.7 Å². The smallest absolute Gasteiger partial charge is 0.0400 e. The molecule has 21 heavy (non-hydrogen) atoms. The predicted octanol–water partition coefficient (Wildman–Crippen LogP) is 5.22. The van der Waals surface area contributed by atoms with Gasteiger partial charge < -0.3 is 5.73 Å². The minimum Gasteiger partial charge on any atom is -0.398 e. The zero-order valence-corrected chi connectivity index (χ0v) is 11.4. The van der Waals surface area contributed by atoms with Gasteiger partial charge in [-0.15, -0.1) is 0 Å². The van der Waals surface area contributed by atoms with Gasteiger partial charge in [-0.2, -0.15) is 0 Å². The Labute approximate surface area is 122 Å². The number of benzene rings is 4. The zero-order chi connectivity index (χ0) is 14.0. The van der Waals surface area contributed by atoms with E-state index in [0.717, 1.165) is 5.69 Å². The summed E-state index contributed by atoms with van der Waals surface area (Å²) < 4.78 is 0. The van der Waals surface area contributed by atoms with Crippen LogP contribution in [0.2, 0.25) is 0 Å². The van der Waals surface area contributed by atoms with Crippen LogP contribution in [-0.2, 0) is 0 Å². The summed E-state index contributed by atoms with van der Waals surface area (Å²) in [7, 11) is 0. The van der Waals surface area contributed by atoms with Crippen molar-refractivity contribution in [1.82, 2.24) is 0 Å². The molecule has 0 aromatic heterocycles. The number of hydrogen-bond donors (Lipinski definition) is 1. The van der Waals surface area contributed by atoms with Crippen molar-refractivity contribution in [3.63, 3.8) is 0 Å². The van der Waals surface area contributed by atoms with Crippen molar-refractivity contribution >= 4 is 27.2 Å². The molecule has 98 valence electrons. The first-order valence-electron chi connectivity index (χ1n) is 7.18. The summed E-state index contributed by atoms with van der Waals surface area (Å²) in [6.45, 7) is 0. The number of rotatable bonds is 0. The Morgan fingerprint density at radius 1 is 0.571 bits per heavy atom. The van der Waals surface area contributed by atoms with Crippen molar-refractivity contribution in [3.05, 3.63) is 66.7 Å². The van der Waals surface area contributed by atoms with Gasteiger partial charge in [0.1, 0.15) is 0 Å². The van der Waals surface area contributed by atoms with E-state index < -0.39 is 0 Å². The number of fused-ring (bicyclic) bond motifs is 5. The molecule has 4 aromatic carbocycles. The maximum absolute atomic E-state index is 6.34. The second-order valence-electron chi connectivity index (χ2n) is 5.64. The van der Waals surface area contributed by atoms with Gasteiger partial charge in [0.05, 0.1) is 0 Å². The fourth-order valence-electron chi connectivity index (χ4n) is 3.65. The molecule has 0 atom stereocenters. The molecule has 0 amide bonds. The molecule has 0 aliphatic heterocycles. The fourth-order valence-corrected chi connectivity index (χ4v) is 3.65. The van der Waals surface area contributed by atoms with E-state index in [0.29, 0.717) is 0 Å². The molecule has 0 bridgehead atoms. The summed E-state index contributed by atoms with van der Waals surface area (Å²) in [6.07, 6.45) is 0. The molecule has 0 saturated heterocycles. The van der Waals surface area contributed by atoms with Gasteiger partial charge in [-0.3, -0.25) is 0 Å². The van der Waals surface area contributed by atoms with Gasteiger partial charge in [-0.25, -0.2) is 0 Å². The van der Waals surface area contributed by atoms with E-state index in [1.165, 1.54) is 43.8 Å². The first-order chi connectivity index (χ1) is 10.3. The molecule has 0 heterocycles. The van der Waals surface area contributed by atoms with Crippen molar-refractivity contribution in [3.8, 4) is 22.3 Å². The molecule has 0 spiro atoms. The monoisotopic (exact) mass is 267 g/mol. The summed E-state index contributed by atoms with van der Waals surface area (Å²) in [6, 6.07) is 23.6. The molecule has 1 nitrogen and oxygen atoms in total. The summed E-state index contributed by atoms with van der Waals surface area (Å²) in [5.41, 5.74) is 12.3. The van der Waals surface area contributed by atoms with Crippen LogP contribution in [0.3, 0.4) is 0 Å². The highest BCUT2D eigenvalue weighted by Crippen LogP contribution is 2.52. The molecule has 1 aliphatic carbocycles. The zero-order valence-electron chi connectivity index (χ0n) is 11.4. The molecule has 0 unspecified atom stereocenters. The summed E-state index contributed by atoms with van der Waals surface area (Å²) in [5.74, 6) is 0. The standard InChI is InChI=1S/C20H13N/c21-17-11-9-13-5-3-7-15-16-10-8-12-4-1-2-6-14(12)19(16)20(17)18(13)15/h1-11H,21H2. The highest BCUT2D eigenvalue weighted by molar-refractivity contribution is 6.23. The normalized spacial score (nSPS) is 12.0. The molecule has 0 fully saturated rings. The molecule has 0 saturated carbocycles. The number of hydrogen-bond acceptors (Lipinski definition) is 1. The van der Waals surface area contributed by atoms with Crippen molar-refractivity contribution in [1.29, 1.82) is 0 Å². The van der Waals surface area contributed by atoms with Crippen LogP contribution in [0, 0.1) is 0 Å². The number of anilines is 1. The lowest BCUT2D eigenvalue weighted by molar-refractivity contribution is 1.72. The van der Waals surface area contributed by atoms with Crippen LogP contribution in [0.4, 0.5) is 5.69 Å². The van der Waals surface area contributed by atoms with E-state index in [9.17, 15) is 0 Å². The lowest BCUT2D eigenvalue weighted by Crippen LogP contribution is -1.89. The minimum atomic E-state index is 0.866. The molecule has 4 aromatic rings. The quantitative estimate of drug-likeness (QED) is 0.382. The van der Waals surface area contributed by atoms with E-state index >= 15 is 0 Å². The van der Waals surface area contributed by atoms with Crippen LogP contribution in [0.15, 0.2) is 66.7 Å². The maximum Gasteiger partial charge on any atom is 0.0400 e. The Kier molecular flexibility index (Phi) is 1.90. The molecular formula is C20H13N. The van der Waals surface area contributed by atoms with Crippen molar-refractivity contribution in [2.45, 2.75) is 0 Å². The van der Waals surface area contributed by atoms with Gasteiger partial charge in [0, 0.05) is 16.8 Å². The first kappa shape index (κ1) is 10.9. The van der Waals surface area contributed by atoms with Crippen LogP contribution in [0.25, 0.3) is 43.8 Å². The Morgan fingerprint density at radius 2 is 1.38 bits per heavy atom. The van der Waals surface area contributed by atoms with Crippen LogP contribution in [0.5, 0.6) is 0 Å². The summed E-state index contributed by atoms with van der Waals surface area (Å²) >= 11 is 0. The van der Waals surface area contributed by atoms with E-state index in [1.807, 2.05) is 6.07 Å². The molecule has 0 radical (unpaired) electrons. The third kappa shape index (κ3) is 1.26. The Balaban J connectivity index is 2.10. The molecular weight excluding hydrogens is 254 g/mol. The highest BCUT2D eigenvalue weighted by atomic mass is 14.6. The Bertz CT molecular complexity index is 1040. The third-order valence-corrected chi connectivity index (χ3v) is 4.55. The van der Waals surface area contributed by atoms with E-state index in [4.69, 9.17) is 5.73 Å². The molecule has 5 rings (SSSR count). The maximum atomic E-state index is 6.34. The van der Waals surface area contributed by atoms with Gasteiger partial charge in [0.2, 0.25) is 0 Å². The fraction of sp³-hybridized carbons (Fsp3) is 0. The number of nitrogens with two attached hydrogens (primary N) is 1. The second-order valence-corrected chi connectivity index (χ2v) is 5.64. The van der Waals surface area contributed by atoms with Gasteiger partial charge in [0.15, 0.2) is 0 Å². The molecule has 2 N–H and O–H groups in total. The third-order valence-electron chi connectivity index (χ3n) is 4.55. The van der Waals surface area contributed by atoms with Crippen molar-refractivity contribution in [2.24, 2.45) is 0 Å². The first-order valence-corrected chi connectivity index (χ1v) is 7.18. The largest absolute Gasteiger partial charge is 0.398 e. The molecule has 1 aliphatic rings. The van der Waals surface area contributed by atoms with E-state index in [-0.39, 0.29) is 0 Å². The Morgan fingerprint density at radius 3 is 2.33 bits per heavy atom. The van der Waals surface area contributed by atoms with E-state index in [1.54, 1.807) is 0 Å². The van der Waals surface area contributed by atoms with Crippen LogP contribution >= 0.6 is 0 Å². The Hall–Kier alpha value is -2.80. The van der Waals surface area contributed by atoms with Crippen molar-refractivity contribution < 1.29 is 0 Å². The van der Waals surface area contributed by atoms with Crippen molar-refractivity contribution in [2.75, 3.05) is 5.73 Å². The van der Waals surface area contributed by atoms with Gasteiger partial charge in [0.25, 0.3) is 0 Å². The average Bonchev–Trinajstić information content (AvgIpc) is 2.88. The summed E-state index contributed by atoms with van der Waals surface area (Å²) in [4.78, 5) is 0. The highest BCUT2D eigenvalue weighted by Gasteiger charge is 2.24. The molecule has 1 heteroatoms. The topological polar surface area (TPSA) is 26.0 Å². The SMILES string of the molecule is Nc1ccc2cccc3c2c1-c1c-3ccc2ccccc12. The minimum absolute atomic E-state index is 0.866. The van der Waals surface area contributed by atoms with Gasteiger partial charge >= 0.3 is 0 Å². The second kappa shape index (κ2) is 3.64. The number of nitrogen functional groups attached to an aromatic ring is 1. The summed E-state index contributed by atoms with van der Waals surface area (Å²) in [5, 5.41) is 5.10. The van der Waals surface area contributed by atoms with Crippen LogP contribution in [0.1, 0.15) is 0 Å². The lowest BCUT2D eigenvalue weighted by Gasteiger charge is -2.09. The van der Waals surface area contributed by atoms with Crippen LogP contribution < -0.4 is 5.73 Å². The lowest BCUT2D eigenvalue weighted by atomic mass is 9.96. The predicted molar refractivity (Wildman–Crippen MR) is 90.3 cm³/mol.